The molecule has 0 aliphatic rings. The summed E-state index contributed by atoms with van der Waals surface area (Å²) in [6.45, 7) is 1.93. The minimum atomic E-state index is -4.19. The van der Waals surface area contributed by atoms with Crippen molar-refractivity contribution >= 4 is 5.69 Å². The lowest BCUT2D eigenvalue weighted by Crippen LogP contribution is -2.13. The Morgan fingerprint density at radius 2 is 1.93 bits per heavy atom. The Morgan fingerprint density at radius 1 is 1.29 bits per heavy atom. The Kier molecular flexibility index (Phi) is 3.03. The van der Waals surface area contributed by atoms with Gasteiger partial charge in [-0.3, -0.25) is 0 Å². The monoisotopic (exact) mass is 203 g/mol. The van der Waals surface area contributed by atoms with E-state index in [1.54, 1.807) is 12.1 Å². The van der Waals surface area contributed by atoms with Gasteiger partial charge >= 0.3 is 6.18 Å². The fraction of sp³-hybridized carbons (Fsp3) is 0.400. The molecule has 0 amide bonds. The number of hydrogen-bond acceptors (Lipinski definition) is 1. The molecule has 0 saturated carbocycles. The number of benzene rings is 1. The Labute approximate surface area is 80.7 Å². The Hall–Kier alpha value is -1.19. The first-order valence-electron chi connectivity index (χ1n) is 4.36. The summed E-state index contributed by atoms with van der Waals surface area (Å²) < 4.78 is 36.1. The summed E-state index contributed by atoms with van der Waals surface area (Å²) in [5.74, 6) is 0. The molecule has 0 heterocycles. The van der Waals surface area contributed by atoms with Gasteiger partial charge in [0.2, 0.25) is 0 Å². The van der Waals surface area contributed by atoms with E-state index in [9.17, 15) is 13.2 Å². The van der Waals surface area contributed by atoms with Crippen LogP contribution in [0.2, 0.25) is 0 Å². The van der Waals surface area contributed by atoms with Crippen LogP contribution in [-0.2, 0) is 12.8 Å². The van der Waals surface area contributed by atoms with Crippen molar-refractivity contribution in [2.45, 2.75) is 25.9 Å². The molecule has 0 atom stereocenters. The van der Waals surface area contributed by atoms with Crippen molar-refractivity contribution in [3.63, 3.8) is 0 Å². The molecule has 0 aromatic heterocycles. The van der Waals surface area contributed by atoms with E-state index < -0.39 is 12.6 Å². The lowest BCUT2D eigenvalue weighted by Gasteiger charge is -2.09. The first-order valence-corrected chi connectivity index (χ1v) is 4.36. The van der Waals surface area contributed by atoms with E-state index in [4.69, 9.17) is 5.73 Å². The Bertz CT molecular complexity index is 318. The van der Waals surface area contributed by atoms with E-state index in [2.05, 4.69) is 0 Å². The van der Waals surface area contributed by atoms with Gasteiger partial charge in [0.1, 0.15) is 0 Å². The van der Waals surface area contributed by atoms with Gasteiger partial charge in [-0.1, -0.05) is 19.1 Å². The quantitative estimate of drug-likeness (QED) is 0.735. The van der Waals surface area contributed by atoms with Crippen molar-refractivity contribution in [1.82, 2.24) is 0 Å². The summed E-state index contributed by atoms with van der Waals surface area (Å²) in [6, 6.07) is 4.72. The number of aryl methyl sites for hydroxylation is 1. The number of rotatable bonds is 2. The van der Waals surface area contributed by atoms with Gasteiger partial charge in [-0.25, -0.2) is 0 Å². The molecule has 14 heavy (non-hydrogen) atoms. The summed E-state index contributed by atoms with van der Waals surface area (Å²) in [7, 11) is 0. The predicted octanol–water partition coefficient (Wildman–Crippen LogP) is 2.94. The van der Waals surface area contributed by atoms with Crippen LogP contribution < -0.4 is 5.73 Å². The standard InChI is InChI=1S/C10H12F3N/c1-2-7-3-4-8(9(14)5-7)6-10(11,12)13/h3-5H,2,6,14H2,1H3. The number of alkyl halides is 3. The van der Waals surface area contributed by atoms with Crippen LogP contribution in [0.4, 0.5) is 18.9 Å². The highest BCUT2D eigenvalue weighted by molar-refractivity contribution is 5.49. The number of halogens is 3. The van der Waals surface area contributed by atoms with Gasteiger partial charge in [0.25, 0.3) is 0 Å². The van der Waals surface area contributed by atoms with Crippen molar-refractivity contribution in [2.24, 2.45) is 0 Å². The maximum atomic E-state index is 12.0. The largest absolute Gasteiger partial charge is 0.398 e. The minimum Gasteiger partial charge on any atom is -0.398 e. The molecule has 0 bridgehead atoms. The lowest BCUT2D eigenvalue weighted by molar-refractivity contribution is -0.127. The van der Waals surface area contributed by atoms with Crippen molar-refractivity contribution in [3.05, 3.63) is 29.3 Å². The van der Waals surface area contributed by atoms with Gasteiger partial charge in [-0.05, 0) is 23.6 Å². The third-order valence-corrected chi connectivity index (χ3v) is 2.01. The van der Waals surface area contributed by atoms with E-state index in [0.29, 0.717) is 0 Å². The molecule has 0 spiro atoms. The minimum absolute atomic E-state index is 0.148. The first kappa shape index (κ1) is 10.9. The Morgan fingerprint density at radius 3 is 2.36 bits per heavy atom. The molecule has 1 aromatic carbocycles. The van der Waals surface area contributed by atoms with Gasteiger partial charge in [-0.15, -0.1) is 0 Å². The Balaban J connectivity index is 2.89. The molecule has 0 aliphatic heterocycles. The van der Waals surface area contributed by atoms with Crippen LogP contribution >= 0.6 is 0 Å². The maximum Gasteiger partial charge on any atom is 0.393 e. The fourth-order valence-corrected chi connectivity index (χ4v) is 1.24. The molecule has 0 fully saturated rings. The maximum absolute atomic E-state index is 12.0. The van der Waals surface area contributed by atoms with Crippen LogP contribution in [0.3, 0.4) is 0 Å². The van der Waals surface area contributed by atoms with E-state index in [-0.39, 0.29) is 11.3 Å². The zero-order valence-electron chi connectivity index (χ0n) is 7.86. The smallest absolute Gasteiger partial charge is 0.393 e. The molecule has 0 saturated heterocycles. The predicted molar refractivity (Wildman–Crippen MR) is 50.0 cm³/mol. The number of anilines is 1. The molecule has 1 rings (SSSR count). The van der Waals surface area contributed by atoms with Gasteiger partial charge in [0.15, 0.2) is 0 Å². The number of hydrogen-bond donors (Lipinski definition) is 1. The molecule has 0 aliphatic carbocycles. The van der Waals surface area contributed by atoms with Gasteiger partial charge < -0.3 is 5.73 Å². The average Bonchev–Trinajstić information content (AvgIpc) is 2.06. The molecule has 78 valence electrons. The van der Waals surface area contributed by atoms with Gasteiger partial charge in [0.05, 0.1) is 6.42 Å². The van der Waals surface area contributed by atoms with E-state index in [1.165, 1.54) is 6.07 Å². The van der Waals surface area contributed by atoms with E-state index in [1.807, 2.05) is 6.92 Å². The van der Waals surface area contributed by atoms with Crippen LogP contribution in [0.15, 0.2) is 18.2 Å². The fourth-order valence-electron chi connectivity index (χ4n) is 1.24. The van der Waals surface area contributed by atoms with Crippen molar-refractivity contribution < 1.29 is 13.2 Å². The second-order valence-electron chi connectivity index (χ2n) is 3.18. The van der Waals surface area contributed by atoms with Gasteiger partial charge in [-0.2, -0.15) is 13.2 Å². The lowest BCUT2D eigenvalue weighted by atomic mass is 10.1. The molecular weight excluding hydrogens is 191 g/mol. The molecule has 1 aromatic rings. The second-order valence-corrected chi connectivity index (χ2v) is 3.18. The summed E-state index contributed by atoms with van der Waals surface area (Å²) in [5, 5.41) is 0. The summed E-state index contributed by atoms with van der Waals surface area (Å²) in [6.07, 6.45) is -4.37. The summed E-state index contributed by atoms with van der Waals surface area (Å²) in [4.78, 5) is 0. The number of nitrogens with two attached hydrogens (primary N) is 1. The van der Waals surface area contributed by atoms with Crippen molar-refractivity contribution in [1.29, 1.82) is 0 Å². The normalized spacial score (nSPS) is 11.7. The highest BCUT2D eigenvalue weighted by Gasteiger charge is 2.28. The van der Waals surface area contributed by atoms with Crippen LogP contribution in [0.25, 0.3) is 0 Å². The molecule has 2 N–H and O–H groups in total. The number of nitrogen functional groups attached to an aromatic ring is 1. The highest BCUT2D eigenvalue weighted by Crippen LogP contribution is 2.25. The SMILES string of the molecule is CCc1ccc(CC(F)(F)F)c(N)c1. The molecule has 0 radical (unpaired) electrons. The highest BCUT2D eigenvalue weighted by atomic mass is 19.4. The molecule has 1 nitrogen and oxygen atoms in total. The van der Waals surface area contributed by atoms with Crippen molar-refractivity contribution in [3.8, 4) is 0 Å². The first-order chi connectivity index (χ1) is 6.42. The zero-order chi connectivity index (χ0) is 10.8. The molecule has 4 heteroatoms. The van der Waals surface area contributed by atoms with Crippen LogP contribution in [0, 0.1) is 0 Å². The molecule has 0 unspecified atom stereocenters. The second kappa shape index (κ2) is 3.90. The van der Waals surface area contributed by atoms with Crippen LogP contribution in [0.5, 0.6) is 0 Å². The van der Waals surface area contributed by atoms with Crippen LogP contribution in [0.1, 0.15) is 18.1 Å². The van der Waals surface area contributed by atoms with E-state index >= 15 is 0 Å². The third kappa shape index (κ3) is 2.94. The molecular formula is C10H12F3N. The summed E-state index contributed by atoms with van der Waals surface area (Å²) in [5.41, 5.74) is 6.83. The van der Waals surface area contributed by atoms with Crippen LogP contribution in [-0.4, -0.2) is 6.18 Å². The zero-order valence-corrected chi connectivity index (χ0v) is 7.86. The third-order valence-electron chi connectivity index (χ3n) is 2.01. The van der Waals surface area contributed by atoms with Gasteiger partial charge in [0, 0.05) is 5.69 Å². The van der Waals surface area contributed by atoms with Crippen molar-refractivity contribution in [2.75, 3.05) is 5.73 Å². The average molecular weight is 203 g/mol. The summed E-state index contributed by atoms with van der Waals surface area (Å²) >= 11 is 0. The topological polar surface area (TPSA) is 26.0 Å². The van der Waals surface area contributed by atoms with E-state index in [0.717, 1.165) is 12.0 Å².